The smallest absolute Gasteiger partial charge is 0.303 e. The molecule has 0 aromatic rings. The van der Waals surface area contributed by atoms with E-state index in [1.807, 2.05) is 12.2 Å². The summed E-state index contributed by atoms with van der Waals surface area (Å²) in [6.45, 7) is 2.08. The van der Waals surface area contributed by atoms with E-state index in [0.717, 1.165) is 51.4 Å². The van der Waals surface area contributed by atoms with Crippen LogP contribution in [0.2, 0.25) is 0 Å². The molecule has 5 nitrogen and oxygen atoms in total. The number of ketones is 1. The molecule has 154 valence electrons. The maximum Gasteiger partial charge on any atom is 0.303 e. The summed E-state index contributed by atoms with van der Waals surface area (Å²) in [4.78, 5) is 22.8. The van der Waals surface area contributed by atoms with Crippen LogP contribution in [-0.4, -0.2) is 38.8 Å². The van der Waals surface area contributed by atoms with Crippen molar-refractivity contribution in [2.24, 2.45) is 17.8 Å². The zero-order chi connectivity index (χ0) is 19.9. The molecule has 1 unspecified atom stereocenters. The molecule has 0 saturated heterocycles. The molecule has 2 saturated carbocycles. The van der Waals surface area contributed by atoms with E-state index in [9.17, 15) is 19.8 Å². The SMILES string of the molecule is CCCC(O)(CC=C[C@H]1C(=O)C[C@H](O)[C@@H]1CCCCCCC(=O)O)C1CC1. The quantitative estimate of drug-likeness (QED) is 0.333. The highest BCUT2D eigenvalue weighted by atomic mass is 16.4. The number of carbonyl (C=O) groups is 2. The third-order valence-electron chi connectivity index (χ3n) is 6.25. The number of hydrogen-bond donors (Lipinski definition) is 3. The van der Waals surface area contributed by atoms with Crippen molar-refractivity contribution in [2.45, 2.75) is 95.7 Å². The van der Waals surface area contributed by atoms with E-state index >= 15 is 0 Å². The van der Waals surface area contributed by atoms with Crippen molar-refractivity contribution in [3.63, 3.8) is 0 Å². The average Bonchev–Trinajstić information content (AvgIpc) is 3.41. The zero-order valence-corrected chi connectivity index (χ0v) is 16.6. The fourth-order valence-corrected chi connectivity index (χ4v) is 4.55. The summed E-state index contributed by atoms with van der Waals surface area (Å²) < 4.78 is 0. The summed E-state index contributed by atoms with van der Waals surface area (Å²) in [5.41, 5.74) is -0.634. The highest BCUT2D eigenvalue weighted by molar-refractivity contribution is 5.85. The Balaban J connectivity index is 1.81. The summed E-state index contributed by atoms with van der Waals surface area (Å²) in [6, 6.07) is 0. The third-order valence-corrected chi connectivity index (χ3v) is 6.25. The summed E-state index contributed by atoms with van der Waals surface area (Å²) >= 11 is 0. The molecule has 27 heavy (non-hydrogen) atoms. The maximum atomic E-state index is 12.3. The first-order chi connectivity index (χ1) is 12.9. The number of aliphatic hydroxyl groups is 2. The highest BCUT2D eigenvalue weighted by Gasteiger charge is 2.43. The van der Waals surface area contributed by atoms with Crippen LogP contribution in [0.15, 0.2) is 12.2 Å². The van der Waals surface area contributed by atoms with Crippen LogP contribution in [0.25, 0.3) is 0 Å². The van der Waals surface area contributed by atoms with Gasteiger partial charge in [-0.2, -0.15) is 0 Å². The van der Waals surface area contributed by atoms with Gasteiger partial charge in [-0.3, -0.25) is 9.59 Å². The molecule has 2 rings (SSSR count). The van der Waals surface area contributed by atoms with Gasteiger partial charge in [-0.1, -0.05) is 44.8 Å². The molecular weight excluding hydrogens is 344 g/mol. The van der Waals surface area contributed by atoms with Crippen LogP contribution >= 0.6 is 0 Å². The molecule has 0 spiro atoms. The van der Waals surface area contributed by atoms with Crippen molar-refractivity contribution in [3.05, 3.63) is 12.2 Å². The normalized spacial score (nSPS) is 28.0. The third kappa shape index (κ3) is 6.72. The second-order valence-electron chi connectivity index (χ2n) is 8.53. The lowest BCUT2D eigenvalue weighted by atomic mass is 9.85. The van der Waals surface area contributed by atoms with Crippen LogP contribution < -0.4 is 0 Å². The van der Waals surface area contributed by atoms with Crippen molar-refractivity contribution in [1.29, 1.82) is 0 Å². The number of carboxylic acid groups (broad SMARTS) is 1. The van der Waals surface area contributed by atoms with Gasteiger partial charge >= 0.3 is 5.97 Å². The Kier molecular flexibility index (Phi) is 8.49. The molecular formula is C22H36O5. The fraction of sp³-hybridized carbons (Fsp3) is 0.818. The molecule has 2 fully saturated rings. The van der Waals surface area contributed by atoms with Gasteiger partial charge in [0.1, 0.15) is 5.78 Å². The van der Waals surface area contributed by atoms with E-state index in [2.05, 4.69) is 6.92 Å². The van der Waals surface area contributed by atoms with Gasteiger partial charge in [0.2, 0.25) is 0 Å². The molecule has 0 aliphatic heterocycles. The lowest BCUT2D eigenvalue weighted by molar-refractivity contribution is -0.137. The molecule has 0 radical (unpaired) electrons. The number of allylic oxidation sites excluding steroid dienone is 1. The van der Waals surface area contributed by atoms with Gasteiger partial charge in [-0.25, -0.2) is 0 Å². The van der Waals surface area contributed by atoms with Gasteiger partial charge in [0.15, 0.2) is 0 Å². The van der Waals surface area contributed by atoms with Crippen LogP contribution in [0.4, 0.5) is 0 Å². The van der Waals surface area contributed by atoms with Gasteiger partial charge in [0, 0.05) is 18.8 Å². The Labute approximate surface area is 162 Å². The van der Waals surface area contributed by atoms with E-state index in [1.54, 1.807) is 0 Å². The van der Waals surface area contributed by atoms with E-state index in [1.165, 1.54) is 0 Å². The topological polar surface area (TPSA) is 94.8 Å². The molecule has 0 heterocycles. The average molecular weight is 381 g/mol. The molecule has 3 N–H and O–H groups in total. The Morgan fingerprint density at radius 1 is 1.22 bits per heavy atom. The lowest BCUT2D eigenvalue weighted by Gasteiger charge is -2.27. The Bertz CT molecular complexity index is 525. The number of hydrogen-bond acceptors (Lipinski definition) is 4. The second kappa shape index (κ2) is 10.4. The number of Topliss-reactive ketones (excluding diaryl/α,β-unsaturated/α-hetero) is 1. The molecule has 2 aliphatic carbocycles. The van der Waals surface area contributed by atoms with Crippen molar-refractivity contribution in [2.75, 3.05) is 0 Å². The number of rotatable bonds is 13. The van der Waals surface area contributed by atoms with Gasteiger partial charge < -0.3 is 15.3 Å². The first kappa shape index (κ1) is 22.1. The van der Waals surface area contributed by atoms with Crippen molar-refractivity contribution in [3.8, 4) is 0 Å². The molecule has 0 bridgehead atoms. The zero-order valence-electron chi connectivity index (χ0n) is 16.6. The van der Waals surface area contributed by atoms with Crippen LogP contribution in [-0.2, 0) is 9.59 Å². The predicted molar refractivity (Wildman–Crippen MR) is 104 cm³/mol. The van der Waals surface area contributed by atoms with Gasteiger partial charge in [0.25, 0.3) is 0 Å². The Morgan fingerprint density at radius 3 is 2.56 bits per heavy atom. The van der Waals surface area contributed by atoms with Crippen molar-refractivity contribution < 1.29 is 24.9 Å². The summed E-state index contributed by atoms with van der Waals surface area (Å²) in [5.74, 6) is -0.558. The van der Waals surface area contributed by atoms with Gasteiger partial charge in [-0.15, -0.1) is 0 Å². The number of unbranched alkanes of at least 4 members (excludes halogenated alkanes) is 3. The minimum Gasteiger partial charge on any atom is -0.481 e. The van der Waals surface area contributed by atoms with Crippen LogP contribution in [0.3, 0.4) is 0 Å². The number of carboxylic acids is 1. The van der Waals surface area contributed by atoms with Crippen LogP contribution in [0, 0.1) is 17.8 Å². The van der Waals surface area contributed by atoms with E-state index in [4.69, 9.17) is 5.11 Å². The first-order valence-electron chi connectivity index (χ1n) is 10.7. The molecule has 0 aromatic carbocycles. The summed E-state index contributed by atoms with van der Waals surface area (Å²) in [7, 11) is 0. The standard InChI is InChI=1S/C22H36O5/c1-2-13-22(27,16-11-12-16)14-7-9-18-17(19(23)15-20(18)24)8-5-3-4-6-10-21(25)26/h7,9,16-19,23,27H,2-6,8,10-15H2,1H3,(H,25,26)/t17-,18-,19+,22?/m1/s1. The fourth-order valence-electron chi connectivity index (χ4n) is 4.55. The molecule has 4 atom stereocenters. The molecule has 5 heteroatoms. The highest BCUT2D eigenvalue weighted by Crippen LogP contribution is 2.44. The molecule has 2 aliphatic rings. The lowest BCUT2D eigenvalue weighted by Crippen LogP contribution is -2.30. The first-order valence-corrected chi connectivity index (χ1v) is 10.7. The number of carbonyl (C=O) groups excluding carboxylic acids is 1. The summed E-state index contributed by atoms with van der Waals surface area (Å²) in [6.07, 6.45) is 12.4. The van der Waals surface area contributed by atoms with E-state index in [0.29, 0.717) is 18.8 Å². The van der Waals surface area contributed by atoms with E-state index in [-0.39, 0.29) is 30.5 Å². The summed E-state index contributed by atoms with van der Waals surface area (Å²) in [5, 5.41) is 29.8. The predicted octanol–water partition coefficient (Wildman–Crippen LogP) is 3.87. The van der Waals surface area contributed by atoms with Crippen molar-refractivity contribution in [1.82, 2.24) is 0 Å². The van der Waals surface area contributed by atoms with Gasteiger partial charge in [-0.05, 0) is 50.4 Å². The Morgan fingerprint density at radius 2 is 1.93 bits per heavy atom. The van der Waals surface area contributed by atoms with Crippen molar-refractivity contribution >= 4 is 11.8 Å². The molecule has 0 amide bonds. The number of aliphatic carboxylic acids is 1. The minimum atomic E-state index is -0.758. The van der Waals surface area contributed by atoms with Gasteiger partial charge in [0.05, 0.1) is 11.7 Å². The monoisotopic (exact) mass is 380 g/mol. The molecule has 0 aromatic heterocycles. The Hall–Kier alpha value is -1.20. The van der Waals surface area contributed by atoms with Crippen LogP contribution in [0.5, 0.6) is 0 Å². The maximum absolute atomic E-state index is 12.3. The van der Waals surface area contributed by atoms with Crippen LogP contribution in [0.1, 0.15) is 84.0 Å². The largest absolute Gasteiger partial charge is 0.481 e. The minimum absolute atomic E-state index is 0.0478. The number of aliphatic hydroxyl groups excluding tert-OH is 1. The second-order valence-corrected chi connectivity index (χ2v) is 8.53. The van der Waals surface area contributed by atoms with E-state index < -0.39 is 17.7 Å².